The van der Waals surface area contributed by atoms with Gasteiger partial charge in [-0.05, 0) is 78.9 Å². The first-order chi connectivity index (χ1) is 27.7. The fourth-order valence-electron chi connectivity index (χ4n) is 7.40. The van der Waals surface area contributed by atoms with Crippen LogP contribution in [0.1, 0.15) is 11.1 Å². The summed E-state index contributed by atoms with van der Waals surface area (Å²) in [5.74, 6) is 0.470. The van der Waals surface area contributed by atoms with Crippen molar-refractivity contribution in [3.05, 3.63) is 175 Å². The molecule has 0 N–H and O–H groups in total. The summed E-state index contributed by atoms with van der Waals surface area (Å²) in [6.45, 7) is 0. The third-order valence-electron chi connectivity index (χ3n) is 9.82. The van der Waals surface area contributed by atoms with Crippen molar-refractivity contribution in [1.29, 1.82) is 10.5 Å². The van der Waals surface area contributed by atoms with E-state index in [1.54, 1.807) is 35.9 Å². The number of fused-ring (bicyclic) bond motifs is 4. The van der Waals surface area contributed by atoms with E-state index in [0.29, 0.717) is 28.3 Å². The van der Waals surface area contributed by atoms with Crippen LogP contribution in [0.4, 0.5) is 34.1 Å². The number of rotatable bonds is 5. The minimum Gasteiger partial charge on any atom is -0.306 e. The molecule has 0 atom stereocenters. The van der Waals surface area contributed by atoms with Crippen molar-refractivity contribution in [3.63, 3.8) is 0 Å². The Balaban J connectivity index is 1.25. The fraction of sp³-hybridized carbons (Fsp3) is 0. The number of benzene rings is 6. The molecule has 6 aromatic carbocycles. The molecule has 0 saturated heterocycles. The van der Waals surface area contributed by atoms with Crippen LogP contribution in [-0.4, -0.2) is 15.0 Å². The van der Waals surface area contributed by atoms with Crippen molar-refractivity contribution < 1.29 is 0 Å². The zero-order valence-electron chi connectivity index (χ0n) is 29.5. The monoisotopic (exact) mass is 753 g/mol. The third kappa shape index (κ3) is 5.57. The molecule has 10 rings (SSSR count). The van der Waals surface area contributed by atoms with Gasteiger partial charge < -0.3 is 9.80 Å². The number of nitrogens with zero attached hydrogens (tertiary/aromatic N) is 7. The van der Waals surface area contributed by atoms with Gasteiger partial charge >= 0.3 is 0 Å². The Kier molecular flexibility index (Phi) is 8.30. The van der Waals surface area contributed by atoms with Gasteiger partial charge in [-0.2, -0.15) is 10.5 Å². The molecule has 9 heteroatoms. The lowest BCUT2D eigenvalue weighted by molar-refractivity contribution is 1.14. The Hall–Kier alpha value is -7.17. The highest BCUT2D eigenvalue weighted by Crippen LogP contribution is 2.55. The molecule has 0 radical (unpaired) electrons. The number of para-hydroxylation sites is 6. The Morgan fingerprint density at radius 3 is 1.29 bits per heavy atom. The lowest BCUT2D eigenvalue weighted by atomic mass is 9.98. The minimum absolute atomic E-state index is 0.470. The summed E-state index contributed by atoms with van der Waals surface area (Å²) < 4.78 is 0. The lowest BCUT2D eigenvalue weighted by Gasteiger charge is -2.35. The molecule has 0 unspecified atom stereocenters. The molecule has 2 aliphatic rings. The van der Waals surface area contributed by atoms with E-state index >= 15 is 0 Å². The molecule has 0 bridgehead atoms. The number of aromatic nitrogens is 3. The van der Waals surface area contributed by atoms with E-state index in [2.05, 4.69) is 75.5 Å². The number of nitriles is 2. The predicted molar refractivity (Wildman–Crippen MR) is 223 cm³/mol. The molecule has 2 aliphatic heterocycles. The van der Waals surface area contributed by atoms with Gasteiger partial charge in [0.25, 0.3) is 0 Å². The smallest absolute Gasteiger partial charge is 0.161 e. The van der Waals surface area contributed by atoms with E-state index in [-0.39, 0.29) is 0 Å². The van der Waals surface area contributed by atoms with Crippen LogP contribution in [0.25, 0.3) is 33.9 Å². The zero-order valence-corrected chi connectivity index (χ0v) is 31.2. The first kappa shape index (κ1) is 33.4. The first-order valence-corrected chi connectivity index (χ1v) is 19.5. The Labute approximate surface area is 332 Å². The average molecular weight is 754 g/mol. The molecular formula is C47H27N7S2. The second-order valence-electron chi connectivity index (χ2n) is 13.1. The summed E-state index contributed by atoms with van der Waals surface area (Å²) in [5.41, 5.74) is 9.88. The summed E-state index contributed by atoms with van der Waals surface area (Å²) in [4.78, 5) is 23.6. The van der Waals surface area contributed by atoms with Crippen molar-refractivity contribution in [2.75, 3.05) is 9.80 Å². The second-order valence-corrected chi connectivity index (χ2v) is 15.2. The Morgan fingerprint density at radius 1 is 0.464 bits per heavy atom. The van der Waals surface area contributed by atoms with Crippen LogP contribution in [0.2, 0.25) is 0 Å². The minimum atomic E-state index is 0.470. The van der Waals surface area contributed by atoms with Crippen LogP contribution < -0.4 is 9.80 Å². The van der Waals surface area contributed by atoms with E-state index < -0.39 is 0 Å². The molecule has 0 saturated carbocycles. The van der Waals surface area contributed by atoms with Gasteiger partial charge in [-0.25, -0.2) is 9.97 Å². The average Bonchev–Trinajstić information content (AvgIpc) is 3.27. The number of anilines is 6. The highest BCUT2D eigenvalue weighted by molar-refractivity contribution is 8.00. The van der Waals surface area contributed by atoms with E-state index in [1.807, 2.05) is 103 Å². The molecule has 4 heterocycles. The van der Waals surface area contributed by atoms with Gasteiger partial charge in [0, 0.05) is 48.7 Å². The Morgan fingerprint density at radius 2 is 0.893 bits per heavy atom. The molecule has 56 heavy (non-hydrogen) atoms. The second kappa shape index (κ2) is 13.9. The van der Waals surface area contributed by atoms with Gasteiger partial charge in [0.15, 0.2) is 5.82 Å². The first-order valence-electron chi connectivity index (χ1n) is 17.9. The molecule has 262 valence electrons. The van der Waals surface area contributed by atoms with Gasteiger partial charge in [0.05, 0.1) is 56.6 Å². The van der Waals surface area contributed by atoms with Gasteiger partial charge in [0.1, 0.15) is 12.1 Å². The lowest BCUT2D eigenvalue weighted by Crippen LogP contribution is -2.17. The standard InChI is InChI=1S/C47H27N7S2/c48-27-30-12-9-15-33(45(30)53-37-17-1-5-21-41(37)55-42-22-6-2-18-38(42)53)35-26-36(52-47(51-35)32-14-11-25-50-29-32)34-16-10-13-31(28-49)46(34)54-39-19-3-7-23-43(39)56-44-24-8-4-20-40(44)54/h1-26,29H. The molecule has 8 aromatic rings. The molecule has 0 amide bonds. The van der Waals surface area contributed by atoms with Crippen molar-refractivity contribution in [2.24, 2.45) is 0 Å². The fourth-order valence-corrected chi connectivity index (χ4v) is 9.52. The van der Waals surface area contributed by atoms with Crippen molar-refractivity contribution in [2.45, 2.75) is 19.6 Å². The van der Waals surface area contributed by atoms with Crippen molar-refractivity contribution in [3.8, 4) is 46.0 Å². The predicted octanol–water partition coefficient (Wildman–Crippen LogP) is 12.5. The van der Waals surface area contributed by atoms with E-state index in [0.717, 1.165) is 70.4 Å². The molecule has 0 fully saturated rings. The van der Waals surface area contributed by atoms with Crippen LogP contribution in [-0.2, 0) is 0 Å². The van der Waals surface area contributed by atoms with E-state index in [1.165, 1.54) is 0 Å². The maximum atomic E-state index is 10.7. The van der Waals surface area contributed by atoms with Crippen molar-refractivity contribution in [1.82, 2.24) is 15.0 Å². The number of hydrogen-bond donors (Lipinski definition) is 0. The summed E-state index contributed by atoms with van der Waals surface area (Å²) in [6, 6.07) is 55.4. The summed E-state index contributed by atoms with van der Waals surface area (Å²) in [7, 11) is 0. The van der Waals surface area contributed by atoms with Gasteiger partial charge in [-0.1, -0.05) is 96.3 Å². The quantitative estimate of drug-likeness (QED) is 0.170. The maximum Gasteiger partial charge on any atom is 0.161 e. The zero-order chi connectivity index (χ0) is 37.6. The SMILES string of the molecule is N#Cc1cccc(-c2cc(-c3cccc(C#N)c3N3c4ccccc4Sc4ccccc43)nc(-c3cccnc3)n2)c1N1c2ccccc2Sc2ccccc21. The summed E-state index contributed by atoms with van der Waals surface area (Å²) in [6.07, 6.45) is 3.48. The van der Waals surface area contributed by atoms with Crippen LogP contribution in [0.3, 0.4) is 0 Å². The van der Waals surface area contributed by atoms with Gasteiger partial charge in [-0.15, -0.1) is 0 Å². The maximum absolute atomic E-state index is 10.7. The van der Waals surface area contributed by atoms with Crippen molar-refractivity contribution >= 4 is 57.6 Å². The van der Waals surface area contributed by atoms with E-state index in [9.17, 15) is 10.5 Å². The molecule has 7 nitrogen and oxygen atoms in total. The van der Waals surface area contributed by atoms with Gasteiger partial charge in [-0.3, -0.25) is 4.98 Å². The molecule has 0 aliphatic carbocycles. The molecular weight excluding hydrogens is 727 g/mol. The largest absolute Gasteiger partial charge is 0.306 e. The highest BCUT2D eigenvalue weighted by atomic mass is 32.2. The number of pyridine rings is 1. The van der Waals surface area contributed by atoms with Crippen LogP contribution in [0.15, 0.2) is 184 Å². The number of hydrogen-bond acceptors (Lipinski definition) is 9. The third-order valence-corrected chi connectivity index (χ3v) is 12.1. The van der Waals surface area contributed by atoms with Gasteiger partial charge in [0.2, 0.25) is 0 Å². The summed E-state index contributed by atoms with van der Waals surface area (Å²) in [5, 5.41) is 21.4. The summed E-state index contributed by atoms with van der Waals surface area (Å²) >= 11 is 3.43. The molecule has 2 aromatic heterocycles. The highest BCUT2D eigenvalue weighted by Gasteiger charge is 2.31. The topological polar surface area (TPSA) is 92.7 Å². The Bertz CT molecular complexity index is 2670. The van der Waals surface area contributed by atoms with Crippen LogP contribution >= 0.6 is 23.5 Å². The van der Waals surface area contributed by atoms with Crippen LogP contribution in [0, 0.1) is 22.7 Å². The van der Waals surface area contributed by atoms with Crippen LogP contribution in [0.5, 0.6) is 0 Å². The normalized spacial score (nSPS) is 12.4. The van der Waals surface area contributed by atoms with E-state index in [4.69, 9.17) is 9.97 Å². The molecule has 0 spiro atoms.